The van der Waals surface area contributed by atoms with Crippen molar-refractivity contribution >= 4 is 11.0 Å². The number of aromatic nitrogens is 3. The highest BCUT2D eigenvalue weighted by Gasteiger charge is 2.29. The van der Waals surface area contributed by atoms with Crippen molar-refractivity contribution in [3.63, 3.8) is 0 Å². The maximum absolute atomic E-state index is 4.93. The van der Waals surface area contributed by atoms with E-state index in [1.54, 1.807) is 0 Å². The molecule has 20 heavy (non-hydrogen) atoms. The van der Waals surface area contributed by atoms with Gasteiger partial charge in [-0.25, -0.2) is 4.98 Å². The Balaban J connectivity index is 3.00. The second kappa shape index (κ2) is 4.31. The first-order chi connectivity index (χ1) is 8.94. The van der Waals surface area contributed by atoms with Crippen LogP contribution in [-0.4, -0.2) is 14.8 Å². The smallest absolute Gasteiger partial charge is 0.113 e. The molecule has 0 amide bonds. The van der Waals surface area contributed by atoms with Crippen LogP contribution in [0.2, 0.25) is 0 Å². The minimum Gasteiger partial charge on any atom is -0.257 e. The third-order valence-corrected chi connectivity index (χ3v) is 3.95. The minimum atomic E-state index is -0.0457. The molecule has 2 rings (SSSR count). The van der Waals surface area contributed by atoms with Crippen molar-refractivity contribution in [2.45, 2.75) is 73.3 Å². The summed E-state index contributed by atoms with van der Waals surface area (Å²) in [5, 5.41) is 4.93. The zero-order chi connectivity index (χ0) is 15.5. The SMILES string of the molecule is Cc1nc2c(C(C)(C)C)nn(C(C)(C)C)c2c(C)c1C. The third-order valence-electron chi connectivity index (χ3n) is 3.95. The fraction of sp³-hybridized carbons (Fsp3) is 0.647. The molecule has 0 N–H and O–H groups in total. The van der Waals surface area contributed by atoms with Gasteiger partial charge in [0.1, 0.15) is 5.52 Å². The van der Waals surface area contributed by atoms with Crippen molar-refractivity contribution in [2.24, 2.45) is 0 Å². The lowest BCUT2D eigenvalue weighted by Crippen LogP contribution is -2.24. The van der Waals surface area contributed by atoms with Gasteiger partial charge in [0.25, 0.3) is 0 Å². The van der Waals surface area contributed by atoms with Crippen LogP contribution in [0.4, 0.5) is 0 Å². The van der Waals surface area contributed by atoms with E-state index in [4.69, 9.17) is 10.1 Å². The highest BCUT2D eigenvalue weighted by molar-refractivity contribution is 5.83. The summed E-state index contributed by atoms with van der Waals surface area (Å²) in [5.41, 5.74) is 6.96. The topological polar surface area (TPSA) is 30.7 Å². The van der Waals surface area contributed by atoms with Crippen LogP contribution in [0.5, 0.6) is 0 Å². The van der Waals surface area contributed by atoms with E-state index in [1.807, 2.05) is 0 Å². The first kappa shape index (κ1) is 15.0. The summed E-state index contributed by atoms with van der Waals surface area (Å²) < 4.78 is 2.15. The monoisotopic (exact) mass is 273 g/mol. The van der Waals surface area contributed by atoms with Crippen LogP contribution < -0.4 is 0 Å². The molecule has 0 radical (unpaired) electrons. The lowest BCUT2D eigenvalue weighted by Gasteiger charge is -2.22. The van der Waals surface area contributed by atoms with Crippen molar-refractivity contribution in [1.82, 2.24) is 14.8 Å². The van der Waals surface area contributed by atoms with Crippen LogP contribution in [0.1, 0.15) is 64.1 Å². The van der Waals surface area contributed by atoms with Crippen molar-refractivity contribution in [3.8, 4) is 0 Å². The molecule has 2 aromatic heterocycles. The Morgan fingerprint density at radius 2 is 1.40 bits per heavy atom. The lowest BCUT2D eigenvalue weighted by molar-refractivity contribution is 0.359. The van der Waals surface area contributed by atoms with E-state index in [9.17, 15) is 0 Å². The summed E-state index contributed by atoms with van der Waals surface area (Å²) in [4.78, 5) is 4.85. The Hall–Kier alpha value is -1.38. The third kappa shape index (κ3) is 2.23. The summed E-state index contributed by atoms with van der Waals surface area (Å²) in [6.45, 7) is 19.6. The molecular formula is C17H27N3. The summed E-state index contributed by atoms with van der Waals surface area (Å²) in [5.74, 6) is 0. The highest BCUT2D eigenvalue weighted by atomic mass is 15.3. The Kier molecular flexibility index (Phi) is 3.23. The molecule has 0 atom stereocenters. The van der Waals surface area contributed by atoms with E-state index in [-0.39, 0.29) is 11.0 Å². The Morgan fingerprint density at radius 3 is 1.85 bits per heavy atom. The van der Waals surface area contributed by atoms with Crippen LogP contribution in [0.3, 0.4) is 0 Å². The van der Waals surface area contributed by atoms with Crippen LogP contribution in [-0.2, 0) is 11.0 Å². The summed E-state index contributed by atoms with van der Waals surface area (Å²) in [7, 11) is 0. The predicted molar refractivity (Wildman–Crippen MR) is 85.4 cm³/mol. The first-order valence-electron chi connectivity index (χ1n) is 7.32. The van der Waals surface area contributed by atoms with Gasteiger partial charge in [0.2, 0.25) is 0 Å². The van der Waals surface area contributed by atoms with Gasteiger partial charge in [-0.15, -0.1) is 0 Å². The van der Waals surface area contributed by atoms with Crippen LogP contribution >= 0.6 is 0 Å². The fourth-order valence-corrected chi connectivity index (χ4v) is 2.54. The molecule has 3 heteroatoms. The molecule has 0 saturated carbocycles. The first-order valence-corrected chi connectivity index (χ1v) is 7.32. The normalized spacial score (nSPS) is 13.2. The maximum Gasteiger partial charge on any atom is 0.113 e. The number of hydrogen-bond donors (Lipinski definition) is 0. The number of nitrogens with zero attached hydrogens (tertiary/aromatic N) is 3. The van der Waals surface area contributed by atoms with E-state index < -0.39 is 0 Å². The molecular weight excluding hydrogens is 246 g/mol. The van der Waals surface area contributed by atoms with Crippen molar-refractivity contribution in [2.75, 3.05) is 0 Å². The van der Waals surface area contributed by atoms with Gasteiger partial charge >= 0.3 is 0 Å². The maximum atomic E-state index is 4.93. The molecule has 0 saturated heterocycles. The van der Waals surface area contributed by atoms with Crippen molar-refractivity contribution < 1.29 is 0 Å². The number of rotatable bonds is 0. The standard InChI is InChI=1S/C17H27N3/c1-10-11(2)14-13(18-12(10)3)15(16(4,5)6)19-20(14)17(7,8)9/h1-9H3. The number of aryl methyl sites for hydroxylation is 2. The zero-order valence-electron chi connectivity index (χ0n) is 14.3. The Labute approximate surface area is 122 Å². The van der Waals surface area contributed by atoms with Gasteiger partial charge in [0.05, 0.1) is 16.7 Å². The Bertz CT molecular complexity index is 664. The van der Waals surface area contributed by atoms with Crippen LogP contribution in [0.15, 0.2) is 0 Å². The number of fused-ring (bicyclic) bond motifs is 1. The molecule has 0 aliphatic carbocycles. The molecule has 110 valence electrons. The summed E-state index contributed by atoms with van der Waals surface area (Å²) in [6.07, 6.45) is 0. The summed E-state index contributed by atoms with van der Waals surface area (Å²) in [6, 6.07) is 0. The Morgan fingerprint density at radius 1 is 0.850 bits per heavy atom. The van der Waals surface area contributed by atoms with Gasteiger partial charge in [-0.2, -0.15) is 5.10 Å². The van der Waals surface area contributed by atoms with E-state index in [0.29, 0.717) is 0 Å². The largest absolute Gasteiger partial charge is 0.257 e. The van der Waals surface area contributed by atoms with Gasteiger partial charge in [-0.1, -0.05) is 20.8 Å². The van der Waals surface area contributed by atoms with Crippen molar-refractivity contribution in [1.29, 1.82) is 0 Å². The van der Waals surface area contributed by atoms with Crippen LogP contribution in [0.25, 0.3) is 11.0 Å². The average Bonchev–Trinajstić information content (AvgIpc) is 2.64. The van der Waals surface area contributed by atoms with E-state index in [2.05, 4.69) is 67.0 Å². The highest BCUT2D eigenvalue weighted by Crippen LogP contribution is 2.34. The number of pyridine rings is 1. The van der Waals surface area contributed by atoms with Gasteiger partial charge in [0.15, 0.2) is 0 Å². The molecule has 0 bridgehead atoms. The molecule has 0 unspecified atom stereocenters. The zero-order valence-corrected chi connectivity index (χ0v) is 14.3. The van der Waals surface area contributed by atoms with Crippen molar-refractivity contribution in [3.05, 3.63) is 22.5 Å². The number of hydrogen-bond acceptors (Lipinski definition) is 2. The average molecular weight is 273 g/mol. The predicted octanol–water partition coefficient (Wildman–Crippen LogP) is 4.41. The molecule has 0 aliphatic heterocycles. The molecule has 0 fully saturated rings. The van der Waals surface area contributed by atoms with E-state index in [0.717, 1.165) is 16.9 Å². The van der Waals surface area contributed by atoms with Crippen LogP contribution in [0, 0.1) is 20.8 Å². The molecule has 2 heterocycles. The molecule has 2 aromatic rings. The fourth-order valence-electron chi connectivity index (χ4n) is 2.54. The van der Waals surface area contributed by atoms with E-state index in [1.165, 1.54) is 16.6 Å². The second-order valence-electron chi connectivity index (χ2n) is 7.83. The van der Waals surface area contributed by atoms with E-state index >= 15 is 0 Å². The summed E-state index contributed by atoms with van der Waals surface area (Å²) >= 11 is 0. The molecule has 0 aromatic carbocycles. The van der Waals surface area contributed by atoms with Gasteiger partial charge in [-0.05, 0) is 52.7 Å². The molecule has 0 aliphatic rings. The quantitative estimate of drug-likeness (QED) is 0.712. The second-order valence-corrected chi connectivity index (χ2v) is 7.83. The molecule has 0 spiro atoms. The van der Waals surface area contributed by atoms with Gasteiger partial charge < -0.3 is 0 Å². The molecule has 3 nitrogen and oxygen atoms in total. The van der Waals surface area contributed by atoms with Gasteiger partial charge in [-0.3, -0.25) is 4.68 Å². The lowest BCUT2D eigenvalue weighted by atomic mass is 9.91. The van der Waals surface area contributed by atoms with Gasteiger partial charge in [0, 0.05) is 11.1 Å². The minimum absolute atomic E-state index is 0.00408.